The van der Waals surface area contributed by atoms with Crippen LogP contribution in [0.3, 0.4) is 0 Å². The van der Waals surface area contributed by atoms with Crippen LogP contribution < -0.4 is 0 Å². The van der Waals surface area contributed by atoms with Crippen molar-refractivity contribution in [2.45, 2.75) is 206 Å². The molecule has 0 unspecified atom stereocenters. The molecule has 0 heterocycles. The summed E-state index contributed by atoms with van der Waals surface area (Å²) in [5.74, 6) is 0. The van der Waals surface area contributed by atoms with Gasteiger partial charge in [-0.25, -0.2) is 0 Å². The third kappa shape index (κ3) is 30.2. The van der Waals surface area contributed by atoms with Crippen molar-refractivity contribution in [2.24, 2.45) is 0 Å². The van der Waals surface area contributed by atoms with Crippen LogP contribution in [0.1, 0.15) is 194 Å². The van der Waals surface area contributed by atoms with E-state index in [2.05, 4.69) is 13.8 Å². The van der Waals surface area contributed by atoms with E-state index in [4.69, 9.17) is 0 Å². The van der Waals surface area contributed by atoms with Crippen molar-refractivity contribution in [3.63, 3.8) is 0 Å². The van der Waals surface area contributed by atoms with Crippen LogP contribution in [0.5, 0.6) is 0 Å². The molecular weight excluding hydrogens is 450 g/mol. The molecular formula is C32H66F2Si. The molecule has 0 fully saturated rings. The Kier molecular flexibility index (Phi) is 28.7. The number of hydrogen-bond donors (Lipinski definition) is 0. The van der Waals surface area contributed by atoms with E-state index in [0.717, 1.165) is 25.7 Å². The van der Waals surface area contributed by atoms with Crippen LogP contribution in [0, 0.1) is 0 Å². The van der Waals surface area contributed by atoms with E-state index < -0.39 is 8.74 Å². The molecule has 0 aromatic rings. The van der Waals surface area contributed by atoms with E-state index >= 15 is 0 Å². The minimum absolute atomic E-state index is 0.253. The van der Waals surface area contributed by atoms with Gasteiger partial charge in [0.2, 0.25) is 0 Å². The fraction of sp³-hybridized carbons (Fsp3) is 1.00. The Labute approximate surface area is 222 Å². The molecule has 0 aromatic carbocycles. The molecule has 0 nitrogen and oxygen atoms in total. The lowest BCUT2D eigenvalue weighted by molar-refractivity contribution is 0.522. The normalized spacial score (nSPS) is 12.0. The van der Waals surface area contributed by atoms with Crippen LogP contribution in [0.2, 0.25) is 12.1 Å². The molecule has 0 amide bonds. The van der Waals surface area contributed by atoms with E-state index in [9.17, 15) is 8.22 Å². The third-order valence-electron chi connectivity index (χ3n) is 7.79. The van der Waals surface area contributed by atoms with E-state index in [-0.39, 0.29) is 12.1 Å². The van der Waals surface area contributed by atoms with Crippen molar-refractivity contribution >= 4 is 8.74 Å². The predicted octanol–water partition coefficient (Wildman–Crippen LogP) is 13.3. The van der Waals surface area contributed by atoms with Gasteiger partial charge in [0.25, 0.3) is 0 Å². The highest BCUT2D eigenvalue weighted by Crippen LogP contribution is 2.26. The van der Waals surface area contributed by atoms with Gasteiger partial charge < -0.3 is 0 Å². The van der Waals surface area contributed by atoms with Crippen LogP contribution >= 0.6 is 0 Å². The van der Waals surface area contributed by atoms with E-state index in [1.165, 1.54) is 154 Å². The Hall–Kier alpha value is 0.0769. The molecule has 0 aliphatic rings. The largest absolute Gasteiger partial charge is 0.425 e. The highest BCUT2D eigenvalue weighted by molar-refractivity contribution is 6.66. The molecule has 0 rings (SSSR count). The lowest BCUT2D eigenvalue weighted by Gasteiger charge is -2.12. The van der Waals surface area contributed by atoms with Gasteiger partial charge in [0.15, 0.2) is 0 Å². The number of rotatable bonds is 30. The van der Waals surface area contributed by atoms with Crippen molar-refractivity contribution in [1.82, 2.24) is 0 Å². The lowest BCUT2D eigenvalue weighted by atomic mass is 10.0. The first kappa shape index (κ1) is 35.1. The Bertz CT molecular complexity index is 352. The molecule has 0 atom stereocenters. The van der Waals surface area contributed by atoms with E-state index in [1.807, 2.05) is 0 Å². The summed E-state index contributed by atoms with van der Waals surface area (Å²) in [6.07, 6.45) is 36.0. The SMILES string of the molecule is CCCCCCCCCCCCCCCC[Si](F)(F)CCCCCCCCCCCCCCCC. The molecule has 0 aromatic heterocycles. The van der Waals surface area contributed by atoms with Crippen LogP contribution in [0.4, 0.5) is 8.22 Å². The lowest BCUT2D eigenvalue weighted by Crippen LogP contribution is -2.21. The molecule has 3 heteroatoms. The maximum atomic E-state index is 14.3. The van der Waals surface area contributed by atoms with E-state index in [1.54, 1.807) is 0 Å². The highest BCUT2D eigenvalue weighted by Gasteiger charge is 2.33. The summed E-state index contributed by atoms with van der Waals surface area (Å²) < 4.78 is 28.5. The van der Waals surface area contributed by atoms with Crippen LogP contribution in [0.25, 0.3) is 0 Å². The summed E-state index contributed by atoms with van der Waals surface area (Å²) in [5.41, 5.74) is 0. The fourth-order valence-corrected chi connectivity index (χ4v) is 7.07. The van der Waals surface area contributed by atoms with Crippen molar-refractivity contribution in [3.8, 4) is 0 Å². The molecule has 212 valence electrons. The summed E-state index contributed by atoms with van der Waals surface area (Å²) in [4.78, 5) is 0. The van der Waals surface area contributed by atoms with Crippen LogP contribution in [-0.4, -0.2) is 8.74 Å². The topological polar surface area (TPSA) is 0 Å². The average Bonchev–Trinajstić information content (AvgIpc) is 2.84. The monoisotopic (exact) mass is 516 g/mol. The molecule has 0 aliphatic carbocycles. The zero-order chi connectivity index (χ0) is 25.7. The Morgan fingerprint density at radius 2 is 0.457 bits per heavy atom. The van der Waals surface area contributed by atoms with Gasteiger partial charge in [-0.1, -0.05) is 194 Å². The zero-order valence-electron chi connectivity index (χ0n) is 24.5. The average molecular weight is 517 g/mol. The summed E-state index contributed by atoms with van der Waals surface area (Å²) >= 11 is 0. The first-order chi connectivity index (χ1) is 17.1. The van der Waals surface area contributed by atoms with Gasteiger partial charge in [-0.05, 0) is 12.1 Å². The predicted molar refractivity (Wildman–Crippen MR) is 158 cm³/mol. The summed E-state index contributed by atoms with van der Waals surface area (Å²) in [5, 5.41) is 0. The number of halogens is 2. The third-order valence-corrected chi connectivity index (χ3v) is 9.96. The van der Waals surface area contributed by atoms with Crippen molar-refractivity contribution in [1.29, 1.82) is 0 Å². The Morgan fingerprint density at radius 1 is 0.286 bits per heavy atom. The van der Waals surface area contributed by atoms with Crippen LogP contribution in [-0.2, 0) is 0 Å². The quantitative estimate of drug-likeness (QED) is 0.0505. The summed E-state index contributed by atoms with van der Waals surface area (Å²) in [6, 6.07) is 0.507. The van der Waals surface area contributed by atoms with Gasteiger partial charge in [-0.3, -0.25) is 8.22 Å². The fourth-order valence-electron chi connectivity index (χ4n) is 5.28. The van der Waals surface area contributed by atoms with Gasteiger partial charge in [0.05, 0.1) is 0 Å². The molecule has 0 bridgehead atoms. The second kappa shape index (κ2) is 28.6. The number of unbranched alkanes of at least 4 members (excludes halogenated alkanes) is 26. The van der Waals surface area contributed by atoms with E-state index in [0.29, 0.717) is 0 Å². The first-order valence-electron chi connectivity index (χ1n) is 16.5. The molecule has 0 saturated carbocycles. The molecule has 0 saturated heterocycles. The molecule has 0 radical (unpaired) electrons. The van der Waals surface area contributed by atoms with Gasteiger partial charge in [0, 0.05) is 0 Å². The minimum Gasteiger partial charge on any atom is -0.270 e. The second-order valence-electron chi connectivity index (χ2n) is 11.5. The molecule has 35 heavy (non-hydrogen) atoms. The maximum Gasteiger partial charge on any atom is 0.425 e. The van der Waals surface area contributed by atoms with Gasteiger partial charge in [-0.15, -0.1) is 0 Å². The highest BCUT2D eigenvalue weighted by atomic mass is 28.4. The van der Waals surface area contributed by atoms with Crippen molar-refractivity contribution in [2.75, 3.05) is 0 Å². The molecule has 0 spiro atoms. The molecule has 0 aliphatic heterocycles. The minimum atomic E-state index is -3.91. The van der Waals surface area contributed by atoms with Crippen molar-refractivity contribution < 1.29 is 8.22 Å². The second-order valence-corrected chi connectivity index (χ2v) is 14.3. The summed E-state index contributed by atoms with van der Waals surface area (Å²) in [6.45, 7) is 4.55. The van der Waals surface area contributed by atoms with Crippen molar-refractivity contribution in [3.05, 3.63) is 0 Å². The van der Waals surface area contributed by atoms with Gasteiger partial charge in [-0.2, -0.15) is 0 Å². The Balaban J connectivity index is 3.28. The number of hydrogen-bond acceptors (Lipinski definition) is 0. The van der Waals surface area contributed by atoms with Gasteiger partial charge in [0.1, 0.15) is 0 Å². The molecule has 0 N–H and O–H groups in total. The first-order valence-corrected chi connectivity index (χ1v) is 18.7. The standard InChI is InChI=1S/C32H66F2Si/c1-3-5-7-9-11-13-15-17-19-21-23-25-27-29-31-35(33,34)32-30-28-26-24-22-20-18-16-14-12-10-8-6-4-2/h3-32H2,1-2H3. The Morgan fingerprint density at radius 3 is 0.657 bits per heavy atom. The zero-order valence-corrected chi connectivity index (χ0v) is 25.5. The summed E-state index contributed by atoms with van der Waals surface area (Å²) in [7, 11) is -3.91. The maximum absolute atomic E-state index is 14.3. The van der Waals surface area contributed by atoms with Crippen LogP contribution in [0.15, 0.2) is 0 Å². The van der Waals surface area contributed by atoms with Gasteiger partial charge >= 0.3 is 8.74 Å². The smallest absolute Gasteiger partial charge is 0.270 e.